The Morgan fingerprint density at radius 1 is 1.00 bits per heavy atom. The number of hydrogen-bond donors (Lipinski definition) is 1. The van der Waals surface area contributed by atoms with Crippen molar-refractivity contribution in [3.05, 3.63) is 71.9 Å². The molecule has 0 spiro atoms. The Morgan fingerprint density at radius 2 is 1.77 bits per heavy atom. The largest absolute Gasteiger partial charge is 0.418 e. The van der Waals surface area contributed by atoms with E-state index in [1.54, 1.807) is 6.20 Å². The van der Waals surface area contributed by atoms with Crippen LogP contribution in [0.4, 0.5) is 30.2 Å². The number of halogens is 3. The molecule has 158 valence electrons. The Kier molecular flexibility index (Phi) is 5.22. The lowest BCUT2D eigenvalue weighted by atomic mass is 10.0. The molecule has 0 saturated carbocycles. The highest BCUT2D eigenvalue weighted by molar-refractivity contribution is 6.17. The highest BCUT2D eigenvalue weighted by atomic mass is 19.4. The van der Waals surface area contributed by atoms with Crippen LogP contribution in [0.2, 0.25) is 0 Å². The summed E-state index contributed by atoms with van der Waals surface area (Å²) in [7, 11) is 3.07. The van der Waals surface area contributed by atoms with E-state index in [1.165, 1.54) is 25.1 Å². The van der Waals surface area contributed by atoms with Gasteiger partial charge >= 0.3 is 6.18 Å². The summed E-state index contributed by atoms with van der Waals surface area (Å²) in [4.78, 5) is 22.8. The van der Waals surface area contributed by atoms with Crippen molar-refractivity contribution in [3.8, 4) is 11.3 Å². The van der Waals surface area contributed by atoms with Crippen LogP contribution in [0.25, 0.3) is 11.3 Å². The van der Waals surface area contributed by atoms with Gasteiger partial charge in [-0.1, -0.05) is 24.3 Å². The molecule has 0 fully saturated rings. The van der Waals surface area contributed by atoms with E-state index in [0.717, 1.165) is 17.3 Å². The number of carbonyl (C=O) groups excluding carboxylic acids is 1. The number of nitrogens with one attached hydrogen (secondary N) is 1. The molecule has 0 atom stereocenters. The molecule has 0 bridgehead atoms. The number of rotatable bonds is 3. The quantitative estimate of drug-likeness (QED) is 0.621. The third kappa shape index (κ3) is 4.28. The van der Waals surface area contributed by atoms with Gasteiger partial charge in [0, 0.05) is 25.9 Å². The van der Waals surface area contributed by atoms with Crippen LogP contribution in [0.15, 0.2) is 65.8 Å². The van der Waals surface area contributed by atoms with E-state index in [-0.39, 0.29) is 23.5 Å². The number of nitrogens with zero attached hydrogens (tertiary/aromatic N) is 3. The van der Waals surface area contributed by atoms with Gasteiger partial charge in [0.05, 0.1) is 40.5 Å². The number of alkyl halides is 3. The predicted octanol–water partition coefficient (Wildman–Crippen LogP) is 5.30. The number of amides is 1. The lowest BCUT2D eigenvalue weighted by Gasteiger charge is -2.21. The van der Waals surface area contributed by atoms with E-state index < -0.39 is 17.6 Å². The predicted molar refractivity (Wildman–Crippen MR) is 115 cm³/mol. The van der Waals surface area contributed by atoms with Crippen molar-refractivity contribution in [1.29, 1.82) is 0 Å². The minimum absolute atomic E-state index is 0.0206. The molecule has 8 heteroatoms. The summed E-state index contributed by atoms with van der Waals surface area (Å²) in [6.45, 7) is 0. The molecule has 5 nitrogen and oxygen atoms in total. The summed E-state index contributed by atoms with van der Waals surface area (Å²) in [5, 5.41) is 2.56. The van der Waals surface area contributed by atoms with Gasteiger partial charge in [0.25, 0.3) is 0 Å². The monoisotopic (exact) mass is 424 g/mol. The Labute approximate surface area is 177 Å². The summed E-state index contributed by atoms with van der Waals surface area (Å²) in [5.41, 5.74) is 2.27. The van der Waals surface area contributed by atoms with Crippen molar-refractivity contribution < 1.29 is 18.0 Å². The fourth-order valence-corrected chi connectivity index (χ4v) is 3.46. The van der Waals surface area contributed by atoms with E-state index >= 15 is 0 Å². The van der Waals surface area contributed by atoms with E-state index in [1.807, 2.05) is 42.5 Å². The van der Waals surface area contributed by atoms with Crippen LogP contribution in [0, 0.1) is 0 Å². The van der Waals surface area contributed by atoms with E-state index in [9.17, 15) is 18.0 Å². The molecular weight excluding hydrogens is 405 g/mol. The van der Waals surface area contributed by atoms with Gasteiger partial charge < -0.3 is 10.2 Å². The Balaban J connectivity index is 1.83. The Morgan fingerprint density at radius 3 is 2.45 bits per heavy atom. The van der Waals surface area contributed by atoms with Gasteiger partial charge in [-0.25, -0.2) is 0 Å². The molecule has 1 aliphatic rings. The van der Waals surface area contributed by atoms with Gasteiger partial charge in [-0.3, -0.25) is 14.8 Å². The van der Waals surface area contributed by atoms with Crippen molar-refractivity contribution in [2.24, 2.45) is 4.99 Å². The summed E-state index contributed by atoms with van der Waals surface area (Å²) in [6, 6.07) is 15.3. The number of pyridine rings is 1. The highest BCUT2D eigenvalue weighted by Gasteiger charge is 2.35. The van der Waals surface area contributed by atoms with Gasteiger partial charge in [0.2, 0.25) is 5.91 Å². The van der Waals surface area contributed by atoms with Crippen molar-refractivity contribution in [2.45, 2.75) is 12.6 Å². The molecule has 31 heavy (non-hydrogen) atoms. The highest BCUT2D eigenvalue weighted by Crippen LogP contribution is 2.42. The molecule has 0 aliphatic carbocycles. The van der Waals surface area contributed by atoms with Gasteiger partial charge in [-0.15, -0.1) is 0 Å². The molecule has 0 unspecified atom stereocenters. The first kappa shape index (κ1) is 20.6. The fraction of sp³-hybridized carbons (Fsp3) is 0.174. The maximum absolute atomic E-state index is 13.5. The third-order valence-electron chi connectivity index (χ3n) is 4.92. The van der Waals surface area contributed by atoms with Gasteiger partial charge in [0.15, 0.2) is 0 Å². The number of benzene rings is 2. The molecule has 2 heterocycles. The summed E-state index contributed by atoms with van der Waals surface area (Å²) in [5.74, 6) is -0.425. The minimum Gasteiger partial charge on any atom is -0.377 e. The number of fused-ring (bicyclic) bond motifs is 1. The first-order valence-corrected chi connectivity index (χ1v) is 9.54. The molecule has 1 aliphatic heterocycles. The van der Waals surface area contributed by atoms with Crippen LogP contribution in [0.3, 0.4) is 0 Å². The smallest absolute Gasteiger partial charge is 0.377 e. The molecule has 1 N–H and O–H groups in total. The SMILES string of the molecule is CN(C)c1cc2c(cc1C(F)(F)F)NC(=O)CC(c1cccc(-c3ccccn3)c1)=N2. The van der Waals surface area contributed by atoms with Gasteiger partial charge in [-0.05, 0) is 35.9 Å². The van der Waals surface area contributed by atoms with Crippen molar-refractivity contribution in [3.63, 3.8) is 0 Å². The zero-order valence-electron chi connectivity index (χ0n) is 16.9. The normalized spacial score (nSPS) is 13.7. The number of anilines is 2. The summed E-state index contributed by atoms with van der Waals surface area (Å²) >= 11 is 0. The Bertz CT molecular complexity index is 1170. The standard InChI is InChI=1S/C23H19F3N4O/c1-30(2)21-12-20-19(11-16(21)23(24,25)26)29-22(31)13-18(28-20)15-7-5-6-14(10-15)17-8-3-4-9-27-17/h3-12H,13H2,1-2H3,(H,29,31). The van der Waals surface area contributed by atoms with E-state index in [0.29, 0.717) is 11.3 Å². The van der Waals surface area contributed by atoms with Crippen molar-refractivity contribution in [1.82, 2.24) is 4.98 Å². The minimum atomic E-state index is -4.56. The third-order valence-corrected chi connectivity index (χ3v) is 4.92. The second-order valence-corrected chi connectivity index (χ2v) is 7.36. The molecule has 4 rings (SSSR count). The van der Waals surface area contributed by atoms with Crippen LogP contribution < -0.4 is 10.2 Å². The van der Waals surface area contributed by atoms with E-state index in [2.05, 4.69) is 15.3 Å². The topological polar surface area (TPSA) is 57.6 Å². The number of aromatic nitrogens is 1. The lowest BCUT2D eigenvalue weighted by Crippen LogP contribution is -2.18. The molecule has 2 aromatic carbocycles. The van der Waals surface area contributed by atoms with Gasteiger partial charge in [-0.2, -0.15) is 13.2 Å². The second kappa shape index (κ2) is 7.86. The summed E-state index contributed by atoms with van der Waals surface area (Å²) < 4.78 is 40.6. The van der Waals surface area contributed by atoms with Crippen LogP contribution in [-0.2, 0) is 11.0 Å². The number of hydrogen-bond acceptors (Lipinski definition) is 4. The van der Waals surface area contributed by atoms with Crippen LogP contribution >= 0.6 is 0 Å². The van der Waals surface area contributed by atoms with Gasteiger partial charge in [0.1, 0.15) is 0 Å². The molecule has 1 aromatic heterocycles. The van der Waals surface area contributed by atoms with Crippen LogP contribution in [-0.4, -0.2) is 30.7 Å². The first-order chi connectivity index (χ1) is 14.7. The van der Waals surface area contributed by atoms with Crippen LogP contribution in [0.5, 0.6) is 0 Å². The lowest BCUT2D eigenvalue weighted by molar-refractivity contribution is -0.137. The fourth-order valence-electron chi connectivity index (χ4n) is 3.46. The molecule has 0 radical (unpaired) electrons. The second-order valence-electron chi connectivity index (χ2n) is 7.36. The average molecular weight is 424 g/mol. The molecule has 3 aromatic rings. The number of carbonyl (C=O) groups is 1. The van der Waals surface area contributed by atoms with E-state index in [4.69, 9.17) is 0 Å². The Hall–Kier alpha value is -3.68. The maximum atomic E-state index is 13.5. The van der Waals surface area contributed by atoms with Crippen molar-refractivity contribution >= 4 is 28.7 Å². The molecule has 1 amide bonds. The number of aliphatic imine (C=N–C) groups is 1. The summed E-state index contributed by atoms with van der Waals surface area (Å²) in [6.07, 6.45) is -2.93. The zero-order chi connectivity index (χ0) is 22.2. The first-order valence-electron chi connectivity index (χ1n) is 9.54. The molecule has 0 saturated heterocycles. The zero-order valence-corrected chi connectivity index (χ0v) is 16.9. The van der Waals surface area contributed by atoms with Crippen molar-refractivity contribution in [2.75, 3.05) is 24.3 Å². The molecular formula is C23H19F3N4O. The van der Waals surface area contributed by atoms with Crippen LogP contribution in [0.1, 0.15) is 17.5 Å². The maximum Gasteiger partial charge on any atom is 0.418 e. The average Bonchev–Trinajstić information content (AvgIpc) is 2.90.